The van der Waals surface area contributed by atoms with Crippen molar-refractivity contribution >= 4 is 28.8 Å². The van der Waals surface area contributed by atoms with Gasteiger partial charge in [-0.15, -0.1) is 11.8 Å². The second-order valence-electron chi connectivity index (χ2n) is 9.43. The Bertz CT molecular complexity index is 950. The van der Waals surface area contributed by atoms with Crippen LogP contribution in [-0.4, -0.2) is 72.0 Å². The molecule has 32 heavy (non-hydrogen) atoms. The van der Waals surface area contributed by atoms with Crippen molar-refractivity contribution in [3.63, 3.8) is 0 Å². The summed E-state index contributed by atoms with van der Waals surface area (Å²) < 4.78 is 1.28. The van der Waals surface area contributed by atoms with Gasteiger partial charge in [0.05, 0.1) is 17.7 Å². The average molecular weight is 463 g/mol. The molecule has 5 N–H and O–H groups in total. The highest BCUT2D eigenvalue weighted by atomic mass is 32.2. The van der Waals surface area contributed by atoms with Crippen LogP contribution in [0.4, 0.5) is 4.79 Å². The van der Waals surface area contributed by atoms with Crippen LogP contribution in [-0.2, 0) is 6.42 Å². The molecule has 4 rings (SSSR count). The summed E-state index contributed by atoms with van der Waals surface area (Å²) in [7, 11) is 0. The van der Waals surface area contributed by atoms with Gasteiger partial charge in [-0.2, -0.15) is 0 Å². The molecule has 1 aliphatic heterocycles. The standard InChI is InChI=1S/C24H34N2O5S/c1-13(11-15-12-26(24(30)31)19-10-6-4-7-16(15)19)25-18-9-5-3-8-17(18)23-22(29)21(28)20(27)14(2)32-23/h4,6-7,10,12-14,17-18,20-23,25,27-29H,3,5,8-9,11H2,1-2H3,(H,30,31)/t13-,14+,17?,18?,20-,21-,22+,23+/m1/s1. The summed E-state index contributed by atoms with van der Waals surface area (Å²) in [5.41, 5.74) is 1.69. The highest BCUT2D eigenvalue weighted by Crippen LogP contribution is 2.42. The number of thioether (sulfide) groups is 1. The molecule has 0 radical (unpaired) electrons. The molecule has 2 unspecified atom stereocenters. The van der Waals surface area contributed by atoms with Crippen LogP contribution in [0, 0.1) is 5.92 Å². The fraction of sp³-hybridized carbons (Fsp3) is 0.625. The second-order valence-corrected chi connectivity index (χ2v) is 11.0. The fourth-order valence-corrected chi connectivity index (χ4v) is 7.19. The van der Waals surface area contributed by atoms with Crippen LogP contribution in [0.5, 0.6) is 0 Å². The summed E-state index contributed by atoms with van der Waals surface area (Å²) in [6.07, 6.45) is 2.65. The molecule has 0 bridgehead atoms. The minimum atomic E-state index is -1.11. The predicted molar refractivity (Wildman–Crippen MR) is 126 cm³/mol. The van der Waals surface area contributed by atoms with Gasteiger partial charge in [-0.1, -0.05) is 38.0 Å². The number of aromatic nitrogens is 1. The fourth-order valence-electron chi connectivity index (χ4n) is 5.52. The van der Waals surface area contributed by atoms with Crippen LogP contribution in [0.2, 0.25) is 0 Å². The van der Waals surface area contributed by atoms with E-state index < -0.39 is 24.4 Å². The van der Waals surface area contributed by atoms with Gasteiger partial charge in [0.15, 0.2) is 0 Å². The number of hydrogen-bond donors (Lipinski definition) is 5. The van der Waals surface area contributed by atoms with Crippen molar-refractivity contribution in [1.82, 2.24) is 9.88 Å². The Labute approximate surface area is 192 Å². The van der Waals surface area contributed by atoms with Gasteiger partial charge in [0.2, 0.25) is 0 Å². The second kappa shape index (κ2) is 9.73. The number of para-hydroxylation sites is 1. The monoisotopic (exact) mass is 462 g/mol. The van der Waals surface area contributed by atoms with E-state index in [1.165, 1.54) is 4.57 Å². The lowest BCUT2D eigenvalue weighted by molar-refractivity contribution is -0.0722. The third-order valence-corrected chi connectivity index (χ3v) is 8.81. The summed E-state index contributed by atoms with van der Waals surface area (Å²) in [5.74, 6) is 0.205. The molecule has 2 aromatic rings. The summed E-state index contributed by atoms with van der Waals surface area (Å²) in [6.45, 7) is 4.02. The van der Waals surface area contributed by atoms with E-state index >= 15 is 0 Å². The molecule has 1 aromatic heterocycles. The summed E-state index contributed by atoms with van der Waals surface area (Å²) in [5, 5.41) is 45.2. The van der Waals surface area contributed by atoms with E-state index in [-0.39, 0.29) is 28.5 Å². The third-order valence-electron chi connectivity index (χ3n) is 7.16. The van der Waals surface area contributed by atoms with E-state index in [4.69, 9.17) is 0 Å². The van der Waals surface area contributed by atoms with Crippen molar-refractivity contribution in [3.8, 4) is 0 Å². The van der Waals surface area contributed by atoms with Gasteiger partial charge >= 0.3 is 6.09 Å². The van der Waals surface area contributed by atoms with Gasteiger partial charge in [-0.3, -0.25) is 4.57 Å². The number of rotatable bonds is 5. The van der Waals surface area contributed by atoms with Gasteiger partial charge in [0.25, 0.3) is 0 Å². The quantitative estimate of drug-likeness (QED) is 0.464. The lowest BCUT2D eigenvalue weighted by Gasteiger charge is -2.46. The Morgan fingerprint density at radius 2 is 1.88 bits per heavy atom. The van der Waals surface area contributed by atoms with Crippen LogP contribution in [0.1, 0.15) is 45.1 Å². The smallest absolute Gasteiger partial charge is 0.416 e. The Balaban J connectivity index is 1.49. The molecule has 2 fully saturated rings. The Hall–Kier alpha value is -1.58. The van der Waals surface area contributed by atoms with E-state index in [1.54, 1.807) is 18.0 Å². The van der Waals surface area contributed by atoms with Crippen LogP contribution >= 0.6 is 11.8 Å². The normalized spacial score (nSPS) is 34.5. The molecule has 2 heterocycles. The molecular formula is C24H34N2O5S. The van der Waals surface area contributed by atoms with Crippen LogP contribution < -0.4 is 5.32 Å². The molecule has 1 aliphatic carbocycles. The molecule has 176 valence electrons. The van der Waals surface area contributed by atoms with Crippen molar-refractivity contribution < 1.29 is 25.2 Å². The van der Waals surface area contributed by atoms with Gasteiger partial charge in [-0.05, 0) is 43.7 Å². The SMILES string of the molecule is C[C@H](Cc1cn(C(=O)O)c2ccccc12)NC1CCCCC1[C@@H]1S[C@@H](C)[C@@H](O)[C@@H](O)[C@@H]1O. The number of benzene rings is 1. The van der Waals surface area contributed by atoms with Crippen molar-refractivity contribution in [1.29, 1.82) is 0 Å². The van der Waals surface area contributed by atoms with E-state index in [2.05, 4.69) is 12.2 Å². The topological polar surface area (TPSA) is 115 Å². The lowest BCUT2D eigenvalue weighted by Crippen LogP contribution is -2.58. The molecule has 0 amide bonds. The lowest BCUT2D eigenvalue weighted by atomic mass is 9.78. The van der Waals surface area contributed by atoms with Gasteiger partial charge in [0, 0.05) is 34.2 Å². The van der Waals surface area contributed by atoms with Crippen LogP contribution in [0.25, 0.3) is 10.9 Å². The third kappa shape index (κ3) is 4.56. The molecule has 1 aromatic carbocycles. The number of carbonyl (C=O) groups is 1. The van der Waals surface area contributed by atoms with Crippen LogP contribution in [0.15, 0.2) is 30.5 Å². The Kier molecular flexibility index (Phi) is 7.17. The van der Waals surface area contributed by atoms with E-state index in [9.17, 15) is 25.2 Å². The van der Waals surface area contributed by atoms with Crippen molar-refractivity contribution in [2.24, 2.45) is 5.92 Å². The Morgan fingerprint density at radius 1 is 1.16 bits per heavy atom. The zero-order valence-electron chi connectivity index (χ0n) is 18.6. The molecule has 1 saturated carbocycles. The van der Waals surface area contributed by atoms with Crippen molar-refractivity contribution in [3.05, 3.63) is 36.0 Å². The number of hydrogen-bond acceptors (Lipinski definition) is 6. The first kappa shape index (κ1) is 23.6. The number of fused-ring (bicyclic) bond motifs is 1. The summed E-state index contributed by atoms with van der Waals surface area (Å²) >= 11 is 1.59. The first-order valence-electron chi connectivity index (χ1n) is 11.6. The molecule has 1 saturated heterocycles. The van der Waals surface area contributed by atoms with Gasteiger partial charge in [0.1, 0.15) is 6.10 Å². The van der Waals surface area contributed by atoms with Crippen molar-refractivity contribution in [2.45, 2.75) is 86.8 Å². The number of carboxylic acid groups (broad SMARTS) is 1. The summed E-state index contributed by atoms with van der Waals surface area (Å²) in [4.78, 5) is 11.6. The van der Waals surface area contributed by atoms with Gasteiger partial charge < -0.3 is 25.7 Å². The van der Waals surface area contributed by atoms with E-state index in [0.717, 1.165) is 36.6 Å². The molecule has 2 aliphatic rings. The van der Waals surface area contributed by atoms with Crippen molar-refractivity contribution in [2.75, 3.05) is 0 Å². The average Bonchev–Trinajstić information content (AvgIpc) is 3.14. The maximum Gasteiger partial charge on any atom is 0.416 e. The molecular weight excluding hydrogens is 428 g/mol. The maximum atomic E-state index is 11.6. The summed E-state index contributed by atoms with van der Waals surface area (Å²) in [6, 6.07) is 7.88. The highest BCUT2D eigenvalue weighted by molar-refractivity contribution is 8.00. The highest BCUT2D eigenvalue weighted by Gasteiger charge is 2.46. The minimum Gasteiger partial charge on any atom is -0.464 e. The minimum absolute atomic E-state index is 0.118. The zero-order valence-corrected chi connectivity index (χ0v) is 19.4. The van der Waals surface area contributed by atoms with E-state index in [0.29, 0.717) is 11.9 Å². The number of nitrogens with zero attached hydrogens (tertiary/aromatic N) is 1. The molecule has 7 nitrogen and oxygen atoms in total. The predicted octanol–water partition coefficient (Wildman–Crippen LogP) is 2.83. The number of aliphatic hydroxyl groups is 3. The van der Waals surface area contributed by atoms with E-state index in [1.807, 2.05) is 31.2 Å². The molecule has 8 heteroatoms. The maximum absolute atomic E-state index is 11.6. The number of aliphatic hydroxyl groups excluding tert-OH is 3. The molecule has 0 spiro atoms. The first-order valence-corrected chi connectivity index (χ1v) is 12.5. The zero-order chi connectivity index (χ0) is 23.0. The van der Waals surface area contributed by atoms with Crippen LogP contribution in [0.3, 0.4) is 0 Å². The molecule has 8 atom stereocenters. The van der Waals surface area contributed by atoms with Gasteiger partial charge in [-0.25, -0.2) is 4.79 Å². The largest absolute Gasteiger partial charge is 0.464 e. The number of nitrogens with one attached hydrogen (secondary N) is 1. The first-order chi connectivity index (χ1) is 15.3. The Morgan fingerprint density at radius 3 is 2.62 bits per heavy atom.